The van der Waals surface area contributed by atoms with Crippen molar-refractivity contribution in [2.75, 3.05) is 6.61 Å². The Bertz CT molecular complexity index is 1380. The summed E-state index contributed by atoms with van der Waals surface area (Å²) >= 11 is 5.12. The maximum atomic E-state index is 12.5. The average Bonchev–Trinajstić information content (AvgIpc) is 2.92. The zero-order valence-electron chi connectivity index (χ0n) is 20.3. The molecular formula is C29H27N3O4S. The van der Waals surface area contributed by atoms with Gasteiger partial charge < -0.3 is 9.47 Å². The van der Waals surface area contributed by atoms with E-state index in [0.29, 0.717) is 23.7 Å². The summed E-state index contributed by atoms with van der Waals surface area (Å²) in [4.78, 5) is 24.9. The van der Waals surface area contributed by atoms with E-state index in [0.717, 1.165) is 17.2 Å². The standard InChI is InChI=1S/C29H27N3O4S/c1-20(36-26-16-11-22-9-5-6-10-24(22)19-26)27(33)31-32-29(37)30-28(34)23-12-14-25(15-13-23)35-18-17-21-7-3-2-4-8-21/h2-16,19-20H,17-18H2,1H3,(H,31,33)(H2,30,32,34,37). The molecule has 7 nitrogen and oxygen atoms in total. The summed E-state index contributed by atoms with van der Waals surface area (Å²) in [7, 11) is 0. The van der Waals surface area contributed by atoms with Crippen LogP contribution >= 0.6 is 12.2 Å². The molecule has 0 radical (unpaired) electrons. The molecule has 188 valence electrons. The van der Waals surface area contributed by atoms with Gasteiger partial charge in [-0.1, -0.05) is 60.7 Å². The van der Waals surface area contributed by atoms with Crippen molar-refractivity contribution in [3.8, 4) is 11.5 Å². The first-order valence-corrected chi connectivity index (χ1v) is 12.2. The van der Waals surface area contributed by atoms with Crippen LogP contribution in [0.1, 0.15) is 22.8 Å². The van der Waals surface area contributed by atoms with Gasteiger partial charge in [-0.2, -0.15) is 0 Å². The summed E-state index contributed by atoms with van der Waals surface area (Å²) in [6.07, 6.45) is 0.00213. The molecule has 0 heterocycles. The Labute approximate surface area is 220 Å². The van der Waals surface area contributed by atoms with Gasteiger partial charge in [0.25, 0.3) is 11.8 Å². The van der Waals surface area contributed by atoms with Crippen molar-refractivity contribution in [2.24, 2.45) is 0 Å². The molecule has 0 aliphatic carbocycles. The number of hydrazine groups is 1. The van der Waals surface area contributed by atoms with Crippen molar-refractivity contribution in [1.82, 2.24) is 16.2 Å². The Hall–Kier alpha value is -4.43. The molecule has 4 rings (SSSR count). The van der Waals surface area contributed by atoms with Crippen molar-refractivity contribution >= 4 is 39.9 Å². The fourth-order valence-corrected chi connectivity index (χ4v) is 3.70. The largest absolute Gasteiger partial charge is 0.493 e. The van der Waals surface area contributed by atoms with Crippen LogP contribution in [0, 0.1) is 0 Å². The fraction of sp³-hybridized carbons (Fsp3) is 0.138. The normalized spacial score (nSPS) is 11.3. The summed E-state index contributed by atoms with van der Waals surface area (Å²) in [6, 6.07) is 30.3. The zero-order valence-corrected chi connectivity index (χ0v) is 21.1. The minimum absolute atomic E-state index is 0.0422. The number of fused-ring (bicyclic) bond motifs is 1. The summed E-state index contributed by atoms with van der Waals surface area (Å²) in [5.74, 6) is 0.385. The second-order valence-electron chi connectivity index (χ2n) is 8.27. The quantitative estimate of drug-likeness (QED) is 0.236. The highest BCUT2D eigenvalue weighted by molar-refractivity contribution is 7.80. The molecule has 0 bridgehead atoms. The lowest BCUT2D eigenvalue weighted by atomic mass is 10.1. The summed E-state index contributed by atoms with van der Waals surface area (Å²) in [5.41, 5.74) is 6.58. The number of ether oxygens (including phenoxy) is 2. The van der Waals surface area contributed by atoms with E-state index >= 15 is 0 Å². The van der Waals surface area contributed by atoms with Crippen LogP contribution in [0.4, 0.5) is 0 Å². The first-order chi connectivity index (χ1) is 18.0. The first kappa shape index (κ1) is 25.7. The van der Waals surface area contributed by atoms with Crippen LogP contribution in [0.5, 0.6) is 11.5 Å². The van der Waals surface area contributed by atoms with Crippen LogP contribution in [0.2, 0.25) is 0 Å². The van der Waals surface area contributed by atoms with Gasteiger partial charge in [-0.15, -0.1) is 0 Å². The van der Waals surface area contributed by atoms with E-state index in [4.69, 9.17) is 21.7 Å². The highest BCUT2D eigenvalue weighted by atomic mass is 32.1. The molecule has 0 spiro atoms. The SMILES string of the molecule is CC(Oc1ccc2ccccc2c1)C(=O)NNC(=S)NC(=O)c1ccc(OCCc2ccccc2)cc1. The van der Waals surface area contributed by atoms with Gasteiger partial charge in [-0.25, -0.2) is 0 Å². The molecule has 0 aromatic heterocycles. The van der Waals surface area contributed by atoms with E-state index in [1.807, 2.05) is 60.7 Å². The van der Waals surface area contributed by atoms with Crippen molar-refractivity contribution < 1.29 is 19.1 Å². The first-order valence-electron chi connectivity index (χ1n) is 11.8. The van der Waals surface area contributed by atoms with Crippen molar-refractivity contribution in [1.29, 1.82) is 0 Å². The lowest BCUT2D eigenvalue weighted by Crippen LogP contribution is -2.51. The van der Waals surface area contributed by atoms with Gasteiger partial charge in [-0.3, -0.25) is 25.8 Å². The number of carbonyl (C=O) groups excluding carboxylic acids is 2. The van der Waals surface area contributed by atoms with E-state index in [9.17, 15) is 9.59 Å². The Balaban J connectivity index is 1.19. The lowest BCUT2D eigenvalue weighted by Gasteiger charge is -2.16. The Morgan fingerprint density at radius 1 is 0.811 bits per heavy atom. The molecule has 0 saturated carbocycles. The van der Waals surface area contributed by atoms with Crippen molar-refractivity contribution in [2.45, 2.75) is 19.4 Å². The smallest absolute Gasteiger partial charge is 0.279 e. The fourth-order valence-electron chi connectivity index (χ4n) is 3.56. The van der Waals surface area contributed by atoms with E-state index in [1.165, 1.54) is 5.56 Å². The number of hydrogen-bond acceptors (Lipinski definition) is 5. The molecule has 4 aromatic rings. The Morgan fingerprint density at radius 3 is 2.24 bits per heavy atom. The number of amides is 2. The van der Waals surface area contributed by atoms with Gasteiger partial charge in [0.15, 0.2) is 11.2 Å². The Kier molecular flexibility index (Phi) is 8.67. The second-order valence-corrected chi connectivity index (χ2v) is 8.68. The highest BCUT2D eigenvalue weighted by Crippen LogP contribution is 2.21. The minimum Gasteiger partial charge on any atom is -0.493 e. The molecule has 1 unspecified atom stereocenters. The van der Waals surface area contributed by atoms with Crippen LogP contribution in [0.25, 0.3) is 10.8 Å². The monoisotopic (exact) mass is 513 g/mol. The molecule has 4 aromatic carbocycles. The Morgan fingerprint density at radius 2 is 1.49 bits per heavy atom. The number of thiocarbonyl (C=S) groups is 1. The van der Waals surface area contributed by atoms with Gasteiger partial charge >= 0.3 is 0 Å². The van der Waals surface area contributed by atoms with Gasteiger partial charge in [0.05, 0.1) is 6.61 Å². The molecule has 0 saturated heterocycles. The van der Waals surface area contributed by atoms with Crippen LogP contribution in [0.15, 0.2) is 97.1 Å². The zero-order chi connectivity index (χ0) is 26.0. The predicted molar refractivity (Wildman–Crippen MR) is 147 cm³/mol. The molecule has 0 aliphatic rings. The van der Waals surface area contributed by atoms with E-state index in [1.54, 1.807) is 31.2 Å². The maximum Gasteiger partial charge on any atom is 0.279 e. The van der Waals surface area contributed by atoms with Gasteiger partial charge in [0, 0.05) is 12.0 Å². The minimum atomic E-state index is -0.790. The number of benzene rings is 4. The molecule has 1 atom stereocenters. The molecule has 3 N–H and O–H groups in total. The van der Waals surface area contributed by atoms with Crippen molar-refractivity contribution in [3.63, 3.8) is 0 Å². The summed E-state index contributed by atoms with van der Waals surface area (Å²) in [5, 5.41) is 4.59. The number of hydrogen-bond donors (Lipinski definition) is 3. The van der Waals surface area contributed by atoms with Crippen LogP contribution in [-0.2, 0) is 11.2 Å². The third kappa shape index (κ3) is 7.52. The lowest BCUT2D eigenvalue weighted by molar-refractivity contribution is -0.127. The van der Waals surface area contributed by atoms with E-state index in [2.05, 4.69) is 28.3 Å². The highest BCUT2D eigenvalue weighted by Gasteiger charge is 2.16. The molecule has 8 heteroatoms. The van der Waals surface area contributed by atoms with Crippen LogP contribution in [0.3, 0.4) is 0 Å². The molecule has 2 amide bonds. The number of nitrogens with one attached hydrogen (secondary N) is 3. The van der Waals surface area contributed by atoms with Crippen LogP contribution in [-0.4, -0.2) is 29.6 Å². The van der Waals surface area contributed by atoms with Crippen molar-refractivity contribution in [3.05, 3.63) is 108 Å². The summed E-state index contributed by atoms with van der Waals surface area (Å²) < 4.78 is 11.5. The molecular weight excluding hydrogens is 486 g/mol. The molecule has 37 heavy (non-hydrogen) atoms. The maximum absolute atomic E-state index is 12.5. The van der Waals surface area contributed by atoms with Crippen LogP contribution < -0.4 is 25.6 Å². The summed E-state index contributed by atoms with van der Waals surface area (Å²) in [6.45, 7) is 2.16. The topological polar surface area (TPSA) is 88.7 Å². The van der Waals surface area contributed by atoms with Gasteiger partial charge in [0.1, 0.15) is 11.5 Å². The van der Waals surface area contributed by atoms with Gasteiger partial charge in [-0.05, 0) is 71.9 Å². The predicted octanol–water partition coefficient (Wildman–Crippen LogP) is 4.56. The third-order valence-corrected chi connectivity index (χ3v) is 5.75. The van der Waals surface area contributed by atoms with E-state index in [-0.39, 0.29) is 5.11 Å². The number of carbonyl (C=O) groups is 2. The molecule has 0 aliphatic heterocycles. The molecule has 0 fully saturated rings. The van der Waals surface area contributed by atoms with Gasteiger partial charge in [0.2, 0.25) is 0 Å². The second kappa shape index (κ2) is 12.5. The van der Waals surface area contributed by atoms with E-state index < -0.39 is 17.9 Å². The average molecular weight is 514 g/mol. The number of rotatable bonds is 8. The third-order valence-electron chi connectivity index (χ3n) is 5.55.